The van der Waals surface area contributed by atoms with E-state index in [1.54, 1.807) is 7.05 Å². The summed E-state index contributed by atoms with van der Waals surface area (Å²) in [6, 6.07) is 11.7. The number of morpholine rings is 1. The zero-order valence-corrected chi connectivity index (χ0v) is 13.6. The Morgan fingerprint density at radius 1 is 1.17 bits per heavy atom. The standard InChI is InChI=1S/C17H18N4O3/c1-19-15(13(10-18)16(22)20(2)17(19)23)21-8-9-24-14(11-21)12-6-4-3-5-7-12/h3-7,14H,8-9,11H2,1-2H3. The van der Waals surface area contributed by atoms with Crippen LogP contribution < -0.4 is 16.1 Å². The molecule has 124 valence electrons. The smallest absolute Gasteiger partial charge is 0.332 e. The van der Waals surface area contributed by atoms with E-state index in [1.165, 1.54) is 11.6 Å². The van der Waals surface area contributed by atoms with Gasteiger partial charge in [0.1, 0.15) is 18.0 Å². The molecule has 0 saturated carbocycles. The predicted octanol–water partition coefficient (Wildman–Crippen LogP) is 0.534. The van der Waals surface area contributed by atoms with Crippen molar-refractivity contribution in [3.63, 3.8) is 0 Å². The third-order valence-corrected chi connectivity index (χ3v) is 4.28. The van der Waals surface area contributed by atoms with Gasteiger partial charge in [-0.05, 0) is 5.56 Å². The van der Waals surface area contributed by atoms with Gasteiger partial charge in [-0.25, -0.2) is 4.79 Å². The van der Waals surface area contributed by atoms with Gasteiger partial charge in [-0.15, -0.1) is 0 Å². The van der Waals surface area contributed by atoms with Crippen LogP contribution in [0.15, 0.2) is 39.9 Å². The minimum atomic E-state index is -0.571. The molecule has 2 aromatic rings. The van der Waals surface area contributed by atoms with Gasteiger partial charge < -0.3 is 9.64 Å². The Morgan fingerprint density at radius 2 is 1.88 bits per heavy atom. The highest BCUT2D eigenvalue weighted by Gasteiger charge is 2.27. The van der Waals surface area contributed by atoms with Crippen molar-refractivity contribution in [2.24, 2.45) is 14.1 Å². The number of rotatable bonds is 2. The number of hydrogen-bond acceptors (Lipinski definition) is 5. The first-order valence-corrected chi connectivity index (χ1v) is 7.66. The van der Waals surface area contributed by atoms with Crippen molar-refractivity contribution in [2.45, 2.75) is 6.10 Å². The second-order valence-corrected chi connectivity index (χ2v) is 5.73. The van der Waals surface area contributed by atoms with Crippen LogP contribution >= 0.6 is 0 Å². The van der Waals surface area contributed by atoms with Gasteiger partial charge in [-0.2, -0.15) is 5.26 Å². The van der Waals surface area contributed by atoms with Crippen LogP contribution in [0.4, 0.5) is 5.82 Å². The van der Waals surface area contributed by atoms with E-state index in [0.29, 0.717) is 25.5 Å². The van der Waals surface area contributed by atoms with Crippen LogP contribution in [-0.4, -0.2) is 28.8 Å². The zero-order chi connectivity index (χ0) is 17.3. The van der Waals surface area contributed by atoms with Gasteiger partial charge in [0.25, 0.3) is 5.56 Å². The number of nitrogens with zero attached hydrogens (tertiary/aromatic N) is 4. The highest BCUT2D eigenvalue weighted by Crippen LogP contribution is 2.26. The van der Waals surface area contributed by atoms with Crippen LogP contribution in [0.2, 0.25) is 0 Å². The molecule has 0 radical (unpaired) electrons. The van der Waals surface area contributed by atoms with Crippen LogP contribution in [-0.2, 0) is 18.8 Å². The lowest BCUT2D eigenvalue weighted by atomic mass is 10.1. The summed E-state index contributed by atoms with van der Waals surface area (Å²) >= 11 is 0. The molecule has 1 atom stereocenters. The fraction of sp³-hybridized carbons (Fsp3) is 0.353. The first-order chi connectivity index (χ1) is 11.5. The number of nitriles is 1. The second kappa shape index (κ2) is 6.34. The van der Waals surface area contributed by atoms with Crippen molar-refractivity contribution in [1.29, 1.82) is 5.26 Å². The van der Waals surface area contributed by atoms with E-state index >= 15 is 0 Å². The lowest BCUT2D eigenvalue weighted by Gasteiger charge is -2.35. The van der Waals surface area contributed by atoms with E-state index in [1.807, 2.05) is 41.3 Å². The Balaban J connectivity index is 2.05. The van der Waals surface area contributed by atoms with E-state index in [9.17, 15) is 14.9 Å². The molecule has 3 rings (SSSR count). The molecule has 24 heavy (non-hydrogen) atoms. The third kappa shape index (κ3) is 2.61. The molecule has 0 aliphatic carbocycles. The fourth-order valence-corrected chi connectivity index (χ4v) is 3.01. The van der Waals surface area contributed by atoms with Crippen molar-refractivity contribution in [3.05, 3.63) is 62.3 Å². The van der Waals surface area contributed by atoms with Crippen molar-refractivity contribution < 1.29 is 4.74 Å². The highest BCUT2D eigenvalue weighted by atomic mass is 16.5. The molecular formula is C17H18N4O3. The number of benzene rings is 1. The van der Waals surface area contributed by atoms with Gasteiger partial charge in [0.05, 0.1) is 6.61 Å². The quantitative estimate of drug-likeness (QED) is 0.804. The summed E-state index contributed by atoms with van der Waals surface area (Å²) in [5.41, 5.74) is -0.0158. The highest BCUT2D eigenvalue weighted by molar-refractivity contribution is 5.54. The van der Waals surface area contributed by atoms with Gasteiger partial charge >= 0.3 is 5.69 Å². The second-order valence-electron chi connectivity index (χ2n) is 5.73. The molecule has 1 unspecified atom stereocenters. The molecule has 2 heterocycles. The predicted molar refractivity (Wildman–Crippen MR) is 89.0 cm³/mol. The Labute approximate surface area is 138 Å². The minimum Gasteiger partial charge on any atom is -0.370 e. The van der Waals surface area contributed by atoms with Crippen LogP contribution in [0, 0.1) is 11.3 Å². The van der Waals surface area contributed by atoms with Crippen LogP contribution in [0.3, 0.4) is 0 Å². The summed E-state index contributed by atoms with van der Waals surface area (Å²) in [6.45, 7) is 1.44. The van der Waals surface area contributed by atoms with E-state index in [-0.39, 0.29) is 11.7 Å². The molecule has 0 N–H and O–H groups in total. The first kappa shape index (κ1) is 16.0. The molecule has 7 nitrogen and oxygen atoms in total. The van der Waals surface area contributed by atoms with Gasteiger partial charge in [0.2, 0.25) is 0 Å². The fourth-order valence-electron chi connectivity index (χ4n) is 3.01. The Morgan fingerprint density at radius 3 is 2.54 bits per heavy atom. The maximum absolute atomic E-state index is 12.3. The monoisotopic (exact) mass is 326 g/mol. The minimum absolute atomic E-state index is 0.0201. The van der Waals surface area contributed by atoms with Crippen molar-refractivity contribution in [2.75, 3.05) is 24.6 Å². The molecule has 0 amide bonds. The molecule has 1 fully saturated rings. The average Bonchev–Trinajstić information content (AvgIpc) is 2.63. The van der Waals surface area contributed by atoms with E-state index in [0.717, 1.165) is 10.1 Å². The van der Waals surface area contributed by atoms with Crippen LogP contribution in [0.25, 0.3) is 0 Å². The number of ether oxygens (including phenoxy) is 1. The largest absolute Gasteiger partial charge is 0.370 e. The summed E-state index contributed by atoms with van der Waals surface area (Å²) in [6.07, 6.45) is -0.175. The summed E-state index contributed by atoms with van der Waals surface area (Å²) in [4.78, 5) is 26.4. The molecule has 7 heteroatoms. The van der Waals surface area contributed by atoms with E-state index in [4.69, 9.17) is 4.74 Å². The number of aromatic nitrogens is 2. The molecular weight excluding hydrogens is 308 g/mol. The molecule has 1 aliphatic heterocycles. The Kier molecular flexibility index (Phi) is 4.23. The lowest BCUT2D eigenvalue weighted by molar-refractivity contribution is 0.0392. The zero-order valence-electron chi connectivity index (χ0n) is 13.6. The van der Waals surface area contributed by atoms with E-state index < -0.39 is 11.2 Å². The Bertz CT molecular complexity index is 908. The summed E-state index contributed by atoms with van der Waals surface area (Å²) < 4.78 is 8.13. The van der Waals surface area contributed by atoms with E-state index in [2.05, 4.69) is 0 Å². The van der Waals surface area contributed by atoms with Gasteiger partial charge in [0.15, 0.2) is 5.56 Å². The van der Waals surface area contributed by atoms with Crippen molar-refractivity contribution >= 4 is 5.82 Å². The summed E-state index contributed by atoms with van der Waals surface area (Å²) in [7, 11) is 2.95. The third-order valence-electron chi connectivity index (χ3n) is 4.28. The SMILES string of the molecule is Cn1c(N2CCOC(c3ccccc3)C2)c(C#N)c(=O)n(C)c1=O. The topological polar surface area (TPSA) is 80.3 Å². The molecule has 0 bridgehead atoms. The normalized spacial score (nSPS) is 17.5. The molecule has 1 aliphatic rings. The number of anilines is 1. The average molecular weight is 326 g/mol. The molecule has 1 saturated heterocycles. The summed E-state index contributed by atoms with van der Waals surface area (Å²) in [5, 5.41) is 9.42. The lowest BCUT2D eigenvalue weighted by Crippen LogP contribution is -2.46. The van der Waals surface area contributed by atoms with Gasteiger partial charge in [0, 0.05) is 27.2 Å². The van der Waals surface area contributed by atoms with Gasteiger partial charge in [-0.1, -0.05) is 30.3 Å². The van der Waals surface area contributed by atoms with Crippen molar-refractivity contribution in [3.8, 4) is 6.07 Å². The molecule has 1 aromatic carbocycles. The van der Waals surface area contributed by atoms with Crippen LogP contribution in [0.5, 0.6) is 0 Å². The molecule has 0 spiro atoms. The van der Waals surface area contributed by atoms with Crippen molar-refractivity contribution in [1.82, 2.24) is 9.13 Å². The molecule has 1 aromatic heterocycles. The van der Waals surface area contributed by atoms with Gasteiger partial charge in [-0.3, -0.25) is 13.9 Å². The maximum Gasteiger partial charge on any atom is 0.332 e. The van der Waals surface area contributed by atoms with Crippen LogP contribution in [0.1, 0.15) is 17.2 Å². The summed E-state index contributed by atoms with van der Waals surface area (Å²) in [5.74, 6) is 0.356. The number of hydrogen-bond donors (Lipinski definition) is 0. The maximum atomic E-state index is 12.3. The first-order valence-electron chi connectivity index (χ1n) is 7.66. The Hall–Kier alpha value is -2.85.